The van der Waals surface area contributed by atoms with Crippen LogP contribution in [0.25, 0.3) is 0 Å². The number of hydrogen-bond acceptors (Lipinski definition) is 6. The van der Waals surface area contributed by atoms with E-state index in [1.807, 2.05) is 0 Å². The molecule has 0 unspecified atom stereocenters. The summed E-state index contributed by atoms with van der Waals surface area (Å²) in [7, 11) is 1.45. The number of hydrogen-bond donors (Lipinski definition) is 2. The summed E-state index contributed by atoms with van der Waals surface area (Å²) in [5.74, 6) is -1.04. The van der Waals surface area contributed by atoms with Gasteiger partial charge in [-0.15, -0.1) is 0 Å². The second-order valence-electron chi connectivity index (χ2n) is 6.59. The lowest BCUT2D eigenvalue weighted by atomic mass is 10.1. The predicted octanol–water partition coefficient (Wildman–Crippen LogP) is 3.84. The first kappa shape index (κ1) is 23.9. The lowest BCUT2D eigenvalue weighted by molar-refractivity contribution is -0.147. The van der Waals surface area contributed by atoms with Crippen LogP contribution in [-0.2, 0) is 19.1 Å². The highest BCUT2D eigenvalue weighted by Crippen LogP contribution is 2.27. The third kappa shape index (κ3) is 8.10. The van der Waals surface area contributed by atoms with Gasteiger partial charge >= 0.3 is 5.97 Å². The Kier molecular flexibility index (Phi) is 9.02. The zero-order valence-corrected chi connectivity index (χ0v) is 18.0. The quantitative estimate of drug-likeness (QED) is 0.423. The molecule has 0 aromatic heterocycles. The Bertz CT molecular complexity index is 959. The molecule has 0 heterocycles. The number of nitrogens with one attached hydrogen (secondary N) is 2. The van der Waals surface area contributed by atoms with Gasteiger partial charge in [0.15, 0.2) is 12.4 Å². The summed E-state index contributed by atoms with van der Waals surface area (Å²) in [6.07, 6.45) is 0.361. The minimum Gasteiger partial charge on any atom is -0.495 e. The van der Waals surface area contributed by atoms with Crippen LogP contribution in [0.1, 0.15) is 36.5 Å². The maximum atomic E-state index is 12.0. The fourth-order valence-electron chi connectivity index (χ4n) is 2.59. The van der Waals surface area contributed by atoms with Crippen molar-refractivity contribution in [2.75, 3.05) is 24.4 Å². The zero-order chi connectivity index (χ0) is 22.8. The van der Waals surface area contributed by atoms with Crippen molar-refractivity contribution in [1.82, 2.24) is 0 Å². The van der Waals surface area contributed by atoms with Gasteiger partial charge in [0.05, 0.1) is 12.8 Å². The van der Waals surface area contributed by atoms with Crippen molar-refractivity contribution in [3.05, 3.63) is 53.1 Å². The van der Waals surface area contributed by atoms with E-state index >= 15 is 0 Å². The second-order valence-corrected chi connectivity index (χ2v) is 7.03. The van der Waals surface area contributed by atoms with Gasteiger partial charge in [-0.2, -0.15) is 0 Å². The first-order valence-electron chi connectivity index (χ1n) is 9.48. The van der Waals surface area contributed by atoms with E-state index < -0.39 is 18.5 Å². The van der Waals surface area contributed by atoms with Crippen molar-refractivity contribution in [2.24, 2.45) is 0 Å². The van der Waals surface area contributed by atoms with Gasteiger partial charge in [-0.25, -0.2) is 0 Å². The summed E-state index contributed by atoms with van der Waals surface area (Å²) in [5.41, 5.74) is 1.48. The van der Waals surface area contributed by atoms with Gasteiger partial charge < -0.3 is 20.1 Å². The second kappa shape index (κ2) is 11.7. The largest absolute Gasteiger partial charge is 0.495 e. The molecule has 8 nitrogen and oxygen atoms in total. The summed E-state index contributed by atoms with van der Waals surface area (Å²) in [6, 6.07) is 11.3. The Balaban J connectivity index is 1.68. The number of benzene rings is 2. The lowest BCUT2D eigenvalue weighted by Gasteiger charge is -2.11. The average molecular weight is 447 g/mol. The van der Waals surface area contributed by atoms with Gasteiger partial charge in [0.25, 0.3) is 5.91 Å². The third-order valence-corrected chi connectivity index (χ3v) is 4.39. The summed E-state index contributed by atoms with van der Waals surface area (Å²) in [4.78, 5) is 47.0. The highest BCUT2D eigenvalue weighted by molar-refractivity contribution is 6.31. The van der Waals surface area contributed by atoms with Crippen molar-refractivity contribution >= 4 is 46.5 Å². The number of Topliss-reactive ketones (excluding diaryl/α,β-unsaturated/α-hetero) is 1. The van der Waals surface area contributed by atoms with Crippen LogP contribution in [0, 0.1) is 0 Å². The molecule has 2 N–H and O–H groups in total. The molecule has 2 aromatic carbocycles. The number of carbonyl (C=O) groups is 4. The highest BCUT2D eigenvalue weighted by Gasteiger charge is 2.12. The molecule has 2 rings (SSSR count). The number of methoxy groups -OCH3 is 1. The number of amides is 2. The van der Waals surface area contributed by atoms with E-state index in [0.717, 1.165) is 0 Å². The van der Waals surface area contributed by atoms with E-state index in [1.54, 1.807) is 36.4 Å². The van der Waals surface area contributed by atoms with Gasteiger partial charge in [0.1, 0.15) is 5.75 Å². The fraction of sp³-hybridized carbons (Fsp3) is 0.273. The normalized spacial score (nSPS) is 10.2. The van der Waals surface area contributed by atoms with E-state index in [9.17, 15) is 19.2 Å². The van der Waals surface area contributed by atoms with Gasteiger partial charge in [-0.1, -0.05) is 11.6 Å². The van der Waals surface area contributed by atoms with E-state index in [2.05, 4.69) is 10.6 Å². The minimum absolute atomic E-state index is 0.00946. The molecule has 2 amide bonds. The molecular formula is C22H23ClN2O6. The molecular weight excluding hydrogens is 424 g/mol. The molecule has 0 saturated carbocycles. The standard InChI is InChI=1S/C22H23ClN2O6/c1-14(26)15-6-9-17(10-7-15)24-20(27)4-3-5-22(29)31-13-21(28)25-18-12-16(23)8-11-19(18)30-2/h6-12H,3-5,13H2,1-2H3,(H,24,27)(H,25,28). The fourth-order valence-corrected chi connectivity index (χ4v) is 2.76. The van der Waals surface area contributed by atoms with Crippen LogP contribution in [0.3, 0.4) is 0 Å². The van der Waals surface area contributed by atoms with E-state index in [0.29, 0.717) is 27.7 Å². The summed E-state index contributed by atoms with van der Waals surface area (Å²) in [6.45, 7) is 0.994. The summed E-state index contributed by atoms with van der Waals surface area (Å²) >= 11 is 5.90. The number of carbonyl (C=O) groups excluding carboxylic acids is 4. The van der Waals surface area contributed by atoms with Crippen molar-refractivity contribution in [2.45, 2.75) is 26.2 Å². The Labute approximate surface area is 184 Å². The topological polar surface area (TPSA) is 111 Å². The number of ether oxygens (including phenoxy) is 2. The van der Waals surface area contributed by atoms with E-state index in [4.69, 9.17) is 21.1 Å². The van der Waals surface area contributed by atoms with Gasteiger partial charge in [0.2, 0.25) is 5.91 Å². The maximum Gasteiger partial charge on any atom is 0.306 e. The number of ketones is 1. The van der Waals surface area contributed by atoms with Crippen molar-refractivity contribution in [3.63, 3.8) is 0 Å². The molecule has 2 aromatic rings. The summed E-state index contributed by atoms with van der Waals surface area (Å²) < 4.78 is 10.1. The molecule has 0 atom stereocenters. The molecule has 0 spiro atoms. The molecule has 9 heteroatoms. The first-order valence-corrected chi connectivity index (χ1v) is 9.86. The Morgan fingerprint density at radius 2 is 1.65 bits per heavy atom. The van der Waals surface area contributed by atoms with Crippen LogP contribution >= 0.6 is 11.6 Å². The Morgan fingerprint density at radius 3 is 2.29 bits per heavy atom. The predicted molar refractivity (Wildman–Crippen MR) is 117 cm³/mol. The number of rotatable bonds is 10. The molecule has 0 aliphatic carbocycles. The molecule has 0 saturated heterocycles. The van der Waals surface area contributed by atoms with E-state index in [-0.39, 0.29) is 31.0 Å². The first-order chi connectivity index (χ1) is 14.8. The van der Waals surface area contributed by atoms with Gasteiger partial charge in [-0.05, 0) is 55.8 Å². The Morgan fingerprint density at radius 1 is 0.935 bits per heavy atom. The van der Waals surface area contributed by atoms with Crippen molar-refractivity contribution < 1.29 is 28.7 Å². The Hall–Kier alpha value is -3.39. The third-order valence-electron chi connectivity index (χ3n) is 4.16. The van der Waals surface area contributed by atoms with Crippen LogP contribution < -0.4 is 15.4 Å². The van der Waals surface area contributed by atoms with Crippen molar-refractivity contribution in [1.29, 1.82) is 0 Å². The van der Waals surface area contributed by atoms with Gasteiger partial charge in [-0.3, -0.25) is 19.2 Å². The number of halogens is 1. The van der Waals surface area contributed by atoms with E-state index in [1.165, 1.54) is 20.1 Å². The molecule has 164 valence electrons. The minimum atomic E-state index is -0.591. The molecule has 0 radical (unpaired) electrons. The van der Waals surface area contributed by atoms with Crippen LogP contribution in [-0.4, -0.2) is 37.3 Å². The average Bonchev–Trinajstić information content (AvgIpc) is 2.73. The maximum absolute atomic E-state index is 12.0. The molecule has 31 heavy (non-hydrogen) atoms. The van der Waals surface area contributed by atoms with Crippen LogP contribution in [0.4, 0.5) is 11.4 Å². The molecule has 0 fully saturated rings. The molecule has 0 aliphatic rings. The van der Waals surface area contributed by atoms with Crippen LogP contribution in [0.5, 0.6) is 5.75 Å². The van der Waals surface area contributed by atoms with Crippen LogP contribution in [0.2, 0.25) is 5.02 Å². The number of anilines is 2. The lowest BCUT2D eigenvalue weighted by Crippen LogP contribution is -2.21. The van der Waals surface area contributed by atoms with Gasteiger partial charge in [0, 0.05) is 29.1 Å². The highest BCUT2D eigenvalue weighted by atomic mass is 35.5. The summed E-state index contributed by atoms with van der Waals surface area (Å²) in [5, 5.41) is 5.66. The zero-order valence-electron chi connectivity index (χ0n) is 17.2. The van der Waals surface area contributed by atoms with Crippen LogP contribution in [0.15, 0.2) is 42.5 Å². The molecule has 0 aliphatic heterocycles. The molecule has 0 bridgehead atoms. The van der Waals surface area contributed by atoms with Crippen molar-refractivity contribution in [3.8, 4) is 5.75 Å². The monoisotopic (exact) mass is 446 g/mol. The SMILES string of the molecule is COc1ccc(Cl)cc1NC(=O)COC(=O)CCCC(=O)Nc1ccc(C(C)=O)cc1. The smallest absolute Gasteiger partial charge is 0.306 e. The number of esters is 1.